The van der Waals surface area contributed by atoms with Crippen molar-refractivity contribution in [1.82, 2.24) is 15.0 Å². The molecule has 8 nitrogen and oxygen atoms in total. The first-order valence-electron chi connectivity index (χ1n) is 12.4. The van der Waals surface area contributed by atoms with Gasteiger partial charge >= 0.3 is 0 Å². The van der Waals surface area contributed by atoms with Gasteiger partial charge in [0.15, 0.2) is 0 Å². The smallest absolute Gasteiger partial charge is 0.243 e. The average Bonchev–Trinajstić information content (AvgIpc) is 3.35. The Morgan fingerprint density at radius 1 is 1.00 bits per heavy atom. The predicted molar refractivity (Wildman–Crippen MR) is 144 cm³/mol. The van der Waals surface area contributed by atoms with Crippen LogP contribution in [0.4, 0.5) is 5.69 Å². The Hall–Kier alpha value is -4.46. The van der Waals surface area contributed by atoms with Crippen molar-refractivity contribution in [1.29, 1.82) is 0 Å². The van der Waals surface area contributed by atoms with Crippen LogP contribution in [0.3, 0.4) is 0 Å². The van der Waals surface area contributed by atoms with Gasteiger partial charge in [-0.25, -0.2) is 9.99 Å². The van der Waals surface area contributed by atoms with Crippen molar-refractivity contribution in [2.75, 3.05) is 19.0 Å². The number of ether oxygens (including phenoxy) is 1. The van der Waals surface area contributed by atoms with Crippen LogP contribution in [-0.4, -0.2) is 46.2 Å². The summed E-state index contributed by atoms with van der Waals surface area (Å²) in [7, 11) is 1.62. The molecule has 1 aliphatic heterocycles. The summed E-state index contributed by atoms with van der Waals surface area (Å²) in [4.78, 5) is 32.9. The summed E-state index contributed by atoms with van der Waals surface area (Å²) in [5, 5.41) is 8.83. The number of carbonyl (C=O) groups excluding carboxylic acids is 2. The lowest BCUT2D eigenvalue weighted by atomic mass is 10.0. The second kappa shape index (κ2) is 11.1. The average molecular weight is 496 g/mol. The number of nitrogens with one attached hydrogen (secondary N) is 2. The number of benzene rings is 3. The molecule has 0 atom stereocenters. The quantitative estimate of drug-likeness (QED) is 0.351. The number of nitrogens with zero attached hydrogens (tertiary/aromatic N) is 3. The van der Waals surface area contributed by atoms with Crippen molar-refractivity contribution in [2.45, 2.75) is 32.1 Å². The van der Waals surface area contributed by atoms with Gasteiger partial charge in [0.1, 0.15) is 11.6 Å². The molecule has 188 valence electrons. The fourth-order valence-corrected chi connectivity index (χ4v) is 4.34. The van der Waals surface area contributed by atoms with Gasteiger partial charge in [-0.1, -0.05) is 24.3 Å². The van der Waals surface area contributed by atoms with Gasteiger partial charge in [-0.05, 0) is 66.1 Å². The van der Waals surface area contributed by atoms with Crippen LogP contribution in [-0.2, 0) is 22.4 Å². The number of imidazole rings is 1. The number of anilines is 1. The summed E-state index contributed by atoms with van der Waals surface area (Å²) < 4.78 is 5.20. The molecule has 0 fully saturated rings. The number of aromatic amines is 1. The van der Waals surface area contributed by atoms with E-state index in [9.17, 15) is 9.59 Å². The van der Waals surface area contributed by atoms with Crippen molar-refractivity contribution < 1.29 is 14.3 Å². The second-order valence-corrected chi connectivity index (χ2v) is 8.99. The number of H-pyrrole nitrogens is 1. The molecule has 3 aromatic carbocycles. The predicted octanol–water partition coefficient (Wildman–Crippen LogP) is 4.71. The van der Waals surface area contributed by atoms with E-state index in [0.29, 0.717) is 12.8 Å². The Labute approximate surface area is 215 Å². The molecular weight excluding hydrogens is 466 g/mol. The number of carbonyl (C=O) groups is 2. The third kappa shape index (κ3) is 6.03. The van der Waals surface area contributed by atoms with Crippen LogP contribution in [0, 0.1) is 0 Å². The fraction of sp³-hybridized carbons (Fsp3) is 0.241. The first-order chi connectivity index (χ1) is 18.1. The Bertz CT molecular complexity index is 1390. The molecule has 0 spiro atoms. The van der Waals surface area contributed by atoms with Crippen LogP contribution >= 0.6 is 0 Å². The SMILES string of the molecule is COc1ccc(C2=NN(CCC(=O)Nc3ccc(CCc4nc5ccccc5[nH]4)cc3)C(=O)CC2)cc1. The van der Waals surface area contributed by atoms with Gasteiger partial charge in [-0.3, -0.25) is 9.59 Å². The van der Waals surface area contributed by atoms with E-state index in [1.54, 1.807) is 7.11 Å². The summed E-state index contributed by atoms with van der Waals surface area (Å²) in [5.74, 6) is 1.50. The zero-order chi connectivity index (χ0) is 25.6. The van der Waals surface area contributed by atoms with Crippen LogP contribution in [0.15, 0.2) is 77.9 Å². The van der Waals surface area contributed by atoms with E-state index in [-0.39, 0.29) is 24.8 Å². The lowest BCUT2D eigenvalue weighted by molar-refractivity contribution is -0.132. The Morgan fingerprint density at radius 2 is 1.78 bits per heavy atom. The maximum absolute atomic E-state index is 12.5. The van der Waals surface area contributed by atoms with Gasteiger partial charge in [0, 0.05) is 31.4 Å². The minimum absolute atomic E-state index is 0.0705. The molecule has 8 heteroatoms. The van der Waals surface area contributed by atoms with E-state index < -0.39 is 0 Å². The highest BCUT2D eigenvalue weighted by molar-refractivity contribution is 6.04. The van der Waals surface area contributed by atoms with Gasteiger partial charge in [0.25, 0.3) is 0 Å². The number of fused-ring (bicyclic) bond motifs is 1. The molecule has 37 heavy (non-hydrogen) atoms. The Morgan fingerprint density at radius 3 is 2.54 bits per heavy atom. The van der Waals surface area contributed by atoms with Crippen molar-refractivity contribution in [3.8, 4) is 5.75 Å². The largest absolute Gasteiger partial charge is 0.497 e. The van der Waals surface area contributed by atoms with Gasteiger partial charge < -0.3 is 15.0 Å². The lowest BCUT2D eigenvalue weighted by Gasteiger charge is -2.23. The summed E-state index contributed by atoms with van der Waals surface area (Å²) in [6.45, 7) is 0.236. The minimum atomic E-state index is -0.158. The second-order valence-electron chi connectivity index (χ2n) is 8.99. The lowest BCUT2D eigenvalue weighted by Crippen LogP contribution is -2.34. The number of aromatic nitrogens is 2. The number of hydrogen-bond donors (Lipinski definition) is 2. The number of rotatable bonds is 9. The molecule has 0 saturated carbocycles. The summed E-state index contributed by atoms with van der Waals surface area (Å²) in [5.41, 5.74) is 5.70. The molecule has 0 aliphatic carbocycles. The molecule has 0 saturated heterocycles. The van der Waals surface area contributed by atoms with Crippen molar-refractivity contribution in [2.24, 2.45) is 5.10 Å². The standard InChI is InChI=1S/C29H29N5O3/c1-37-23-13-9-21(10-14-23)24-15-17-29(36)34(33-24)19-18-28(35)30-22-11-6-20(7-12-22)8-16-27-31-25-4-2-3-5-26(25)32-27/h2-7,9-14H,8,15-19H2,1H3,(H,30,35)(H,31,32). The molecule has 2 N–H and O–H groups in total. The van der Waals surface area contributed by atoms with Crippen LogP contribution in [0.1, 0.15) is 36.2 Å². The van der Waals surface area contributed by atoms with E-state index in [0.717, 1.165) is 58.0 Å². The molecule has 1 aliphatic rings. The van der Waals surface area contributed by atoms with E-state index in [2.05, 4.69) is 20.4 Å². The molecule has 4 aromatic rings. The fourth-order valence-electron chi connectivity index (χ4n) is 4.34. The molecule has 0 bridgehead atoms. The summed E-state index contributed by atoms with van der Waals surface area (Å²) >= 11 is 0. The molecular formula is C29H29N5O3. The monoisotopic (exact) mass is 495 g/mol. The van der Waals surface area contributed by atoms with Gasteiger partial charge in [-0.15, -0.1) is 0 Å². The van der Waals surface area contributed by atoms with Crippen molar-refractivity contribution in [3.63, 3.8) is 0 Å². The normalized spacial score (nSPS) is 13.5. The maximum atomic E-state index is 12.5. The van der Waals surface area contributed by atoms with Gasteiger partial charge in [-0.2, -0.15) is 5.10 Å². The highest BCUT2D eigenvalue weighted by Gasteiger charge is 2.22. The number of amides is 2. The number of methoxy groups -OCH3 is 1. The molecule has 5 rings (SSSR count). The molecule has 2 amide bonds. The first-order valence-corrected chi connectivity index (χ1v) is 12.4. The molecule has 2 heterocycles. The third-order valence-electron chi connectivity index (χ3n) is 6.41. The van der Waals surface area contributed by atoms with Gasteiger partial charge in [0.2, 0.25) is 11.8 Å². The molecule has 0 unspecified atom stereocenters. The zero-order valence-corrected chi connectivity index (χ0v) is 20.7. The minimum Gasteiger partial charge on any atom is -0.497 e. The number of para-hydroxylation sites is 2. The topological polar surface area (TPSA) is 99.7 Å². The highest BCUT2D eigenvalue weighted by atomic mass is 16.5. The van der Waals surface area contributed by atoms with Crippen molar-refractivity contribution >= 4 is 34.2 Å². The van der Waals surface area contributed by atoms with Crippen LogP contribution in [0.25, 0.3) is 11.0 Å². The number of hydrazone groups is 1. The van der Waals surface area contributed by atoms with Crippen LogP contribution in [0.2, 0.25) is 0 Å². The highest BCUT2D eigenvalue weighted by Crippen LogP contribution is 2.19. The molecule has 0 radical (unpaired) electrons. The maximum Gasteiger partial charge on any atom is 0.243 e. The Balaban J connectivity index is 1.12. The third-order valence-corrected chi connectivity index (χ3v) is 6.41. The van der Waals surface area contributed by atoms with Crippen LogP contribution < -0.4 is 10.1 Å². The Kier molecular flexibility index (Phi) is 7.26. The molecule has 1 aromatic heterocycles. The van der Waals surface area contributed by atoms with E-state index in [4.69, 9.17) is 4.74 Å². The summed E-state index contributed by atoms with van der Waals surface area (Å²) in [6, 6.07) is 23.4. The van der Waals surface area contributed by atoms with Crippen molar-refractivity contribution in [3.05, 3.63) is 89.7 Å². The van der Waals surface area contributed by atoms with Crippen LogP contribution in [0.5, 0.6) is 5.75 Å². The summed E-state index contributed by atoms with van der Waals surface area (Å²) in [6.07, 6.45) is 2.78. The first kappa shape index (κ1) is 24.2. The van der Waals surface area contributed by atoms with E-state index in [1.165, 1.54) is 5.01 Å². The van der Waals surface area contributed by atoms with Gasteiger partial charge in [0.05, 0.1) is 30.4 Å². The van der Waals surface area contributed by atoms with E-state index >= 15 is 0 Å². The number of hydrogen-bond acceptors (Lipinski definition) is 5. The zero-order valence-electron chi connectivity index (χ0n) is 20.7. The number of aryl methyl sites for hydroxylation is 2. The van der Waals surface area contributed by atoms with E-state index in [1.807, 2.05) is 72.8 Å².